The van der Waals surface area contributed by atoms with Crippen LogP contribution in [0.4, 0.5) is 0 Å². The van der Waals surface area contributed by atoms with Crippen molar-refractivity contribution in [1.29, 1.82) is 0 Å². The van der Waals surface area contributed by atoms with Crippen LogP contribution in [0.25, 0.3) is 0 Å². The second-order valence-electron chi connectivity index (χ2n) is 6.00. The van der Waals surface area contributed by atoms with E-state index in [2.05, 4.69) is 47.2 Å². The highest BCUT2D eigenvalue weighted by Gasteiger charge is 2.23. The highest BCUT2D eigenvalue weighted by Crippen LogP contribution is 2.24. The van der Waals surface area contributed by atoms with Gasteiger partial charge in [0.2, 0.25) is 5.91 Å². The SMILES string of the molecule is CC(C)(CNC(=O)C(N)c1ccccc1)c1ccc(Br)cc1.Cl. The van der Waals surface area contributed by atoms with Gasteiger partial charge in [0.25, 0.3) is 0 Å². The zero-order valence-corrected chi connectivity index (χ0v) is 15.7. The van der Waals surface area contributed by atoms with Crippen LogP contribution in [0.1, 0.15) is 31.0 Å². The summed E-state index contributed by atoms with van der Waals surface area (Å²) in [4.78, 5) is 12.2. The maximum absolute atomic E-state index is 12.2. The molecule has 3 N–H and O–H groups in total. The summed E-state index contributed by atoms with van der Waals surface area (Å²) in [7, 11) is 0. The molecule has 0 aromatic heterocycles. The number of hydrogen-bond acceptors (Lipinski definition) is 2. The lowest BCUT2D eigenvalue weighted by Gasteiger charge is -2.26. The molecule has 0 heterocycles. The minimum atomic E-state index is -0.637. The lowest BCUT2D eigenvalue weighted by Crippen LogP contribution is -2.41. The third-order valence-electron chi connectivity index (χ3n) is 3.77. The second-order valence-corrected chi connectivity index (χ2v) is 6.91. The minimum absolute atomic E-state index is 0. The Kier molecular flexibility index (Phi) is 7.26. The summed E-state index contributed by atoms with van der Waals surface area (Å²) in [5.74, 6) is -0.156. The van der Waals surface area contributed by atoms with Gasteiger partial charge in [-0.15, -0.1) is 12.4 Å². The van der Waals surface area contributed by atoms with Crippen LogP contribution < -0.4 is 11.1 Å². The van der Waals surface area contributed by atoms with Gasteiger partial charge in [0.05, 0.1) is 0 Å². The quantitative estimate of drug-likeness (QED) is 0.802. The number of carbonyl (C=O) groups is 1. The molecule has 5 heteroatoms. The second kappa shape index (κ2) is 8.48. The Balaban J connectivity index is 0.00000264. The minimum Gasteiger partial charge on any atom is -0.354 e. The van der Waals surface area contributed by atoms with Crippen molar-refractivity contribution in [2.24, 2.45) is 5.73 Å². The van der Waals surface area contributed by atoms with E-state index in [1.165, 1.54) is 5.56 Å². The van der Waals surface area contributed by atoms with E-state index in [-0.39, 0.29) is 23.7 Å². The molecule has 0 fully saturated rings. The number of benzene rings is 2. The molecule has 0 radical (unpaired) electrons. The highest BCUT2D eigenvalue weighted by molar-refractivity contribution is 9.10. The van der Waals surface area contributed by atoms with Crippen molar-refractivity contribution in [3.8, 4) is 0 Å². The summed E-state index contributed by atoms with van der Waals surface area (Å²) in [6, 6.07) is 16.9. The average molecular weight is 398 g/mol. The van der Waals surface area contributed by atoms with E-state index >= 15 is 0 Å². The van der Waals surface area contributed by atoms with Crippen LogP contribution in [0.3, 0.4) is 0 Å². The predicted octanol–water partition coefficient (Wildman–Crippen LogP) is 3.96. The fourth-order valence-electron chi connectivity index (χ4n) is 2.23. The molecule has 0 aliphatic carbocycles. The van der Waals surface area contributed by atoms with Crippen molar-refractivity contribution in [3.05, 3.63) is 70.2 Å². The number of nitrogens with one attached hydrogen (secondary N) is 1. The van der Waals surface area contributed by atoms with E-state index in [0.717, 1.165) is 10.0 Å². The van der Waals surface area contributed by atoms with Crippen molar-refractivity contribution >= 4 is 34.2 Å². The summed E-state index contributed by atoms with van der Waals surface area (Å²) in [6.45, 7) is 4.74. The molecule has 0 bridgehead atoms. The average Bonchev–Trinajstić information content (AvgIpc) is 2.53. The molecule has 124 valence electrons. The molecule has 0 spiro atoms. The third kappa shape index (κ3) is 5.34. The number of carbonyl (C=O) groups excluding carboxylic acids is 1. The van der Waals surface area contributed by atoms with E-state index < -0.39 is 6.04 Å². The molecule has 0 saturated carbocycles. The number of hydrogen-bond donors (Lipinski definition) is 2. The van der Waals surface area contributed by atoms with Crippen LogP contribution in [-0.4, -0.2) is 12.5 Å². The monoisotopic (exact) mass is 396 g/mol. The van der Waals surface area contributed by atoms with Gasteiger partial charge in [-0.05, 0) is 23.3 Å². The van der Waals surface area contributed by atoms with E-state index in [1.807, 2.05) is 42.5 Å². The lowest BCUT2D eigenvalue weighted by molar-refractivity contribution is -0.122. The summed E-state index contributed by atoms with van der Waals surface area (Å²) in [5.41, 5.74) is 7.84. The van der Waals surface area contributed by atoms with Crippen LogP contribution in [0.15, 0.2) is 59.1 Å². The van der Waals surface area contributed by atoms with Crippen molar-refractivity contribution in [2.75, 3.05) is 6.54 Å². The first-order chi connectivity index (χ1) is 10.4. The third-order valence-corrected chi connectivity index (χ3v) is 4.30. The molecule has 0 aliphatic rings. The van der Waals surface area contributed by atoms with Gasteiger partial charge in [0, 0.05) is 16.4 Å². The predicted molar refractivity (Wildman–Crippen MR) is 101 cm³/mol. The van der Waals surface area contributed by atoms with Gasteiger partial charge >= 0.3 is 0 Å². The maximum atomic E-state index is 12.2. The molecule has 2 aromatic carbocycles. The molecule has 1 atom stereocenters. The summed E-state index contributed by atoms with van der Waals surface area (Å²) < 4.78 is 1.04. The largest absolute Gasteiger partial charge is 0.354 e. The zero-order valence-electron chi connectivity index (χ0n) is 13.3. The van der Waals surface area contributed by atoms with Gasteiger partial charge in [0.15, 0.2) is 0 Å². The Labute approximate surface area is 152 Å². The normalized spacial score (nSPS) is 12.2. The van der Waals surface area contributed by atoms with E-state index in [9.17, 15) is 4.79 Å². The number of rotatable bonds is 5. The maximum Gasteiger partial charge on any atom is 0.241 e. The van der Waals surface area contributed by atoms with Crippen LogP contribution in [0.5, 0.6) is 0 Å². The molecule has 0 saturated heterocycles. The first-order valence-corrected chi connectivity index (χ1v) is 8.04. The standard InChI is InChI=1S/C18H21BrN2O.ClH/c1-18(2,14-8-10-15(19)11-9-14)12-21-17(22)16(20)13-6-4-3-5-7-13;/h3-11,16H,12,20H2,1-2H3,(H,21,22);1H. The van der Waals surface area contributed by atoms with Gasteiger partial charge in [-0.3, -0.25) is 4.79 Å². The molecule has 3 nitrogen and oxygen atoms in total. The Bertz CT molecular complexity index is 629. The summed E-state index contributed by atoms with van der Waals surface area (Å²) in [6.07, 6.45) is 0. The molecule has 23 heavy (non-hydrogen) atoms. The number of nitrogens with two attached hydrogens (primary N) is 1. The van der Waals surface area contributed by atoms with E-state index in [4.69, 9.17) is 5.73 Å². The smallest absolute Gasteiger partial charge is 0.241 e. The molecule has 2 aromatic rings. The number of amides is 1. The highest BCUT2D eigenvalue weighted by atomic mass is 79.9. The van der Waals surface area contributed by atoms with E-state index in [1.54, 1.807) is 0 Å². The van der Waals surface area contributed by atoms with E-state index in [0.29, 0.717) is 6.54 Å². The number of halogens is 2. The van der Waals surface area contributed by atoms with Gasteiger partial charge in [-0.2, -0.15) is 0 Å². The van der Waals surface area contributed by atoms with Gasteiger partial charge in [0.1, 0.15) is 6.04 Å². The fraction of sp³-hybridized carbons (Fsp3) is 0.278. The molecule has 0 aliphatic heterocycles. The van der Waals surface area contributed by atoms with Gasteiger partial charge < -0.3 is 11.1 Å². The van der Waals surface area contributed by atoms with Crippen molar-refractivity contribution in [2.45, 2.75) is 25.3 Å². The van der Waals surface area contributed by atoms with Crippen molar-refractivity contribution < 1.29 is 4.79 Å². The zero-order chi connectivity index (χ0) is 16.2. The summed E-state index contributed by atoms with van der Waals surface area (Å²) in [5, 5.41) is 2.96. The van der Waals surface area contributed by atoms with Crippen LogP contribution in [0.2, 0.25) is 0 Å². The van der Waals surface area contributed by atoms with Gasteiger partial charge in [-0.25, -0.2) is 0 Å². The Morgan fingerprint density at radius 2 is 1.70 bits per heavy atom. The van der Waals surface area contributed by atoms with Crippen LogP contribution in [0, 0.1) is 0 Å². The first kappa shape index (κ1) is 19.7. The molecule has 2 rings (SSSR count). The molecule has 1 unspecified atom stereocenters. The Morgan fingerprint density at radius 1 is 1.13 bits per heavy atom. The molecular weight excluding hydrogens is 376 g/mol. The lowest BCUT2D eigenvalue weighted by atomic mass is 9.84. The molecule has 1 amide bonds. The summed E-state index contributed by atoms with van der Waals surface area (Å²) >= 11 is 3.43. The van der Waals surface area contributed by atoms with Crippen molar-refractivity contribution in [1.82, 2.24) is 5.32 Å². The Hall–Kier alpha value is -1.36. The van der Waals surface area contributed by atoms with Crippen LogP contribution >= 0.6 is 28.3 Å². The fourth-order valence-corrected chi connectivity index (χ4v) is 2.50. The van der Waals surface area contributed by atoms with Crippen LogP contribution in [-0.2, 0) is 10.2 Å². The Morgan fingerprint density at radius 3 is 2.26 bits per heavy atom. The first-order valence-electron chi connectivity index (χ1n) is 7.24. The topological polar surface area (TPSA) is 55.1 Å². The van der Waals surface area contributed by atoms with Crippen molar-refractivity contribution in [3.63, 3.8) is 0 Å². The molecular formula is C18H22BrClN2O. The van der Waals surface area contributed by atoms with Gasteiger partial charge in [-0.1, -0.05) is 72.2 Å².